The number of pyridine rings is 1. The van der Waals surface area contributed by atoms with Gasteiger partial charge in [-0.2, -0.15) is 0 Å². The van der Waals surface area contributed by atoms with Crippen LogP contribution in [-0.2, 0) is 11.3 Å². The summed E-state index contributed by atoms with van der Waals surface area (Å²) in [5, 5.41) is 0. The van der Waals surface area contributed by atoms with Crippen LogP contribution in [0, 0.1) is 0 Å². The van der Waals surface area contributed by atoms with Gasteiger partial charge in [0.25, 0.3) is 0 Å². The third-order valence-electron chi connectivity index (χ3n) is 5.53. The Bertz CT molecular complexity index is 947. The zero-order chi connectivity index (χ0) is 22.7. The molecule has 2 aliphatic rings. The van der Waals surface area contributed by atoms with Gasteiger partial charge in [-0.1, -0.05) is 28.1 Å². The number of hydrogen-bond acceptors (Lipinski definition) is 5. The molecule has 0 unspecified atom stereocenters. The van der Waals surface area contributed by atoms with Crippen molar-refractivity contribution in [3.8, 4) is 11.6 Å². The lowest BCUT2D eigenvalue weighted by Gasteiger charge is -2.33. The molecule has 1 saturated carbocycles. The van der Waals surface area contributed by atoms with Crippen LogP contribution in [0.15, 0.2) is 40.9 Å². The van der Waals surface area contributed by atoms with Gasteiger partial charge in [0, 0.05) is 40.8 Å². The predicted molar refractivity (Wildman–Crippen MR) is 126 cm³/mol. The van der Waals surface area contributed by atoms with Gasteiger partial charge in [0.15, 0.2) is 0 Å². The van der Waals surface area contributed by atoms with Gasteiger partial charge in [-0.3, -0.25) is 0 Å². The maximum atomic E-state index is 12.3. The zero-order valence-electron chi connectivity index (χ0n) is 19.0. The van der Waals surface area contributed by atoms with E-state index in [1.807, 2.05) is 57.2 Å². The van der Waals surface area contributed by atoms with Crippen molar-refractivity contribution in [2.24, 2.45) is 0 Å². The maximum absolute atomic E-state index is 12.3. The van der Waals surface area contributed by atoms with E-state index in [9.17, 15) is 4.79 Å². The number of hydrogen-bond donors (Lipinski definition) is 0. The van der Waals surface area contributed by atoms with Gasteiger partial charge in [0.05, 0.1) is 6.10 Å². The van der Waals surface area contributed by atoms with Gasteiger partial charge in [-0.25, -0.2) is 9.78 Å². The highest BCUT2D eigenvalue weighted by molar-refractivity contribution is 9.10. The van der Waals surface area contributed by atoms with Crippen LogP contribution >= 0.6 is 15.9 Å². The minimum Gasteiger partial charge on any atom is -0.490 e. The normalized spacial score (nSPS) is 17.2. The zero-order valence-corrected chi connectivity index (χ0v) is 20.6. The molecule has 4 rings (SSSR count). The van der Waals surface area contributed by atoms with Crippen LogP contribution in [0.1, 0.15) is 63.6 Å². The number of halogens is 1. The van der Waals surface area contributed by atoms with Crippen molar-refractivity contribution in [1.29, 1.82) is 0 Å². The Morgan fingerprint density at radius 3 is 2.56 bits per heavy atom. The molecule has 1 aromatic carbocycles. The average Bonchev–Trinajstić information content (AvgIpc) is 3.56. The van der Waals surface area contributed by atoms with Crippen LogP contribution < -0.4 is 9.47 Å². The average molecular weight is 503 g/mol. The number of likely N-dealkylation sites (tertiary alicyclic amines) is 1. The maximum Gasteiger partial charge on any atom is 0.410 e. The van der Waals surface area contributed by atoms with Gasteiger partial charge in [0.1, 0.15) is 18.0 Å². The summed E-state index contributed by atoms with van der Waals surface area (Å²) in [6.45, 7) is 7.43. The standard InChI is InChI=1S/C25H31BrN2O4/c1-25(2,3)32-24(29)28-13-11-17(12-14-28)21-5-4-6-23(27-21)30-16-18-7-8-19(26)15-22(18)31-20-9-10-20/h4-8,15,17,20H,9-14,16H2,1-3H3. The van der Waals surface area contributed by atoms with E-state index in [4.69, 9.17) is 19.2 Å². The summed E-state index contributed by atoms with van der Waals surface area (Å²) >= 11 is 3.52. The van der Waals surface area contributed by atoms with Crippen LogP contribution in [0.4, 0.5) is 4.79 Å². The summed E-state index contributed by atoms with van der Waals surface area (Å²) in [5.74, 6) is 1.78. The number of benzene rings is 1. The molecule has 6 nitrogen and oxygen atoms in total. The first-order valence-corrected chi connectivity index (χ1v) is 12.1. The number of amides is 1. The van der Waals surface area contributed by atoms with E-state index < -0.39 is 5.60 Å². The van der Waals surface area contributed by atoms with Crippen molar-refractivity contribution < 1.29 is 19.0 Å². The second-order valence-corrected chi connectivity index (χ2v) is 10.4. The first kappa shape index (κ1) is 22.9. The number of nitrogens with zero attached hydrogens (tertiary/aromatic N) is 2. The summed E-state index contributed by atoms with van der Waals surface area (Å²) in [6, 6.07) is 11.9. The molecule has 1 aromatic heterocycles. The van der Waals surface area contributed by atoms with E-state index in [2.05, 4.69) is 15.9 Å². The van der Waals surface area contributed by atoms with E-state index in [-0.39, 0.29) is 6.09 Å². The predicted octanol–water partition coefficient (Wildman–Crippen LogP) is 6.08. The van der Waals surface area contributed by atoms with E-state index in [0.717, 1.165) is 47.2 Å². The Morgan fingerprint density at radius 2 is 1.88 bits per heavy atom. The summed E-state index contributed by atoms with van der Waals surface area (Å²) in [5.41, 5.74) is 1.55. The van der Waals surface area contributed by atoms with Crippen LogP contribution in [0.3, 0.4) is 0 Å². The van der Waals surface area contributed by atoms with Crippen molar-refractivity contribution in [2.75, 3.05) is 13.1 Å². The van der Waals surface area contributed by atoms with Gasteiger partial charge in [0.2, 0.25) is 5.88 Å². The molecule has 2 fully saturated rings. The number of carbonyl (C=O) groups is 1. The molecule has 0 radical (unpaired) electrons. The molecule has 0 N–H and O–H groups in total. The van der Waals surface area contributed by atoms with Gasteiger partial charge < -0.3 is 19.1 Å². The number of carbonyl (C=O) groups excluding carboxylic acids is 1. The molecule has 32 heavy (non-hydrogen) atoms. The molecule has 0 bridgehead atoms. The monoisotopic (exact) mass is 502 g/mol. The van der Waals surface area contributed by atoms with Crippen LogP contribution in [0.25, 0.3) is 0 Å². The smallest absolute Gasteiger partial charge is 0.410 e. The Hall–Kier alpha value is -2.28. The van der Waals surface area contributed by atoms with Crippen molar-refractivity contribution in [1.82, 2.24) is 9.88 Å². The molecular weight excluding hydrogens is 472 g/mol. The van der Waals surface area contributed by atoms with E-state index in [0.29, 0.717) is 37.6 Å². The molecular formula is C25H31BrN2O4. The molecule has 1 aliphatic carbocycles. The number of piperidine rings is 1. The Morgan fingerprint density at radius 1 is 1.12 bits per heavy atom. The second-order valence-electron chi connectivity index (χ2n) is 9.50. The first-order valence-electron chi connectivity index (χ1n) is 11.3. The van der Waals surface area contributed by atoms with Crippen LogP contribution in [0.5, 0.6) is 11.6 Å². The SMILES string of the molecule is CC(C)(C)OC(=O)N1CCC(c2cccc(OCc3ccc(Br)cc3OC3CC3)n2)CC1. The Balaban J connectivity index is 1.34. The van der Waals surface area contributed by atoms with Gasteiger partial charge >= 0.3 is 6.09 Å². The fraction of sp³-hybridized carbons (Fsp3) is 0.520. The molecule has 1 amide bonds. The summed E-state index contributed by atoms with van der Waals surface area (Å²) in [7, 11) is 0. The third-order valence-corrected chi connectivity index (χ3v) is 6.03. The summed E-state index contributed by atoms with van der Waals surface area (Å²) in [4.78, 5) is 18.8. The lowest BCUT2D eigenvalue weighted by atomic mass is 9.93. The Kier molecular flexibility index (Phi) is 6.93. The Labute approximate surface area is 198 Å². The minimum atomic E-state index is -0.473. The summed E-state index contributed by atoms with van der Waals surface area (Å²) < 4.78 is 18.5. The second kappa shape index (κ2) is 9.69. The van der Waals surface area contributed by atoms with E-state index in [1.165, 1.54) is 0 Å². The first-order chi connectivity index (χ1) is 15.3. The highest BCUT2D eigenvalue weighted by atomic mass is 79.9. The molecule has 0 spiro atoms. The molecule has 1 aliphatic heterocycles. The molecule has 172 valence electrons. The molecule has 7 heteroatoms. The minimum absolute atomic E-state index is 0.236. The summed E-state index contributed by atoms with van der Waals surface area (Å²) in [6.07, 6.45) is 4.05. The van der Waals surface area contributed by atoms with Crippen molar-refractivity contribution in [3.05, 3.63) is 52.1 Å². The van der Waals surface area contributed by atoms with Gasteiger partial charge in [-0.15, -0.1) is 0 Å². The molecule has 2 heterocycles. The number of ether oxygens (including phenoxy) is 3. The largest absolute Gasteiger partial charge is 0.490 e. The number of aromatic nitrogens is 1. The van der Waals surface area contributed by atoms with Crippen molar-refractivity contribution in [2.45, 2.75) is 70.7 Å². The highest BCUT2D eigenvalue weighted by Gasteiger charge is 2.28. The third kappa shape index (κ3) is 6.37. The van der Waals surface area contributed by atoms with E-state index in [1.54, 1.807) is 4.90 Å². The van der Waals surface area contributed by atoms with Crippen LogP contribution in [0.2, 0.25) is 0 Å². The number of rotatable bonds is 6. The van der Waals surface area contributed by atoms with Crippen molar-refractivity contribution in [3.63, 3.8) is 0 Å². The quantitative estimate of drug-likeness (QED) is 0.478. The van der Waals surface area contributed by atoms with Gasteiger partial charge in [-0.05, 0) is 64.7 Å². The molecule has 2 aromatic rings. The van der Waals surface area contributed by atoms with Crippen molar-refractivity contribution >= 4 is 22.0 Å². The van der Waals surface area contributed by atoms with E-state index >= 15 is 0 Å². The molecule has 1 saturated heterocycles. The lowest BCUT2D eigenvalue weighted by molar-refractivity contribution is 0.0204. The lowest BCUT2D eigenvalue weighted by Crippen LogP contribution is -2.41. The molecule has 0 atom stereocenters. The topological polar surface area (TPSA) is 60.9 Å². The fourth-order valence-corrected chi connectivity index (χ4v) is 4.04. The van der Waals surface area contributed by atoms with Crippen LogP contribution in [-0.4, -0.2) is 40.8 Å². The fourth-order valence-electron chi connectivity index (χ4n) is 3.70. The highest BCUT2D eigenvalue weighted by Crippen LogP contribution is 2.32.